The molecule has 0 radical (unpaired) electrons. The van der Waals surface area contributed by atoms with Gasteiger partial charge in [0, 0.05) is 49.6 Å². The zero-order chi connectivity index (χ0) is 21.0. The number of benzene rings is 1. The van der Waals surface area contributed by atoms with Gasteiger partial charge in [-0.25, -0.2) is 4.39 Å². The molecule has 3 fully saturated rings. The summed E-state index contributed by atoms with van der Waals surface area (Å²) in [6.45, 7) is 2.93. The van der Waals surface area contributed by atoms with Gasteiger partial charge in [-0.2, -0.15) is 0 Å². The Morgan fingerprint density at radius 2 is 2.07 bits per heavy atom. The maximum Gasteiger partial charge on any atom is 0.267 e. The van der Waals surface area contributed by atoms with Crippen LogP contribution in [0.15, 0.2) is 18.2 Å². The van der Waals surface area contributed by atoms with E-state index in [0.717, 1.165) is 44.2 Å². The Hall–Kier alpha value is -2.41. The van der Waals surface area contributed by atoms with E-state index in [2.05, 4.69) is 15.2 Å². The van der Waals surface area contributed by atoms with Gasteiger partial charge < -0.3 is 15.2 Å². The van der Waals surface area contributed by atoms with Gasteiger partial charge in [-0.15, -0.1) is 0 Å². The van der Waals surface area contributed by atoms with Crippen LogP contribution in [0.4, 0.5) is 4.39 Å². The summed E-state index contributed by atoms with van der Waals surface area (Å²) < 4.78 is 14.1. The van der Waals surface area contributed by atoms with E-state index < -0.39 is 0 Å². The van der Waals surface area contributed by atoms with E-state index >= 15 is 0 Å². The first-order valence-corrected chi connectivity index (χ1v) is 11.0. The Morgan fingerprint density at radius 1 is 1.23 bits per heavy atom. The number of amides is 2. The first kappa shape index (κ1) is 19.5. The van der Waals surface area contributed by atoms with Crippen molar-refractivity contribution in [1.29, 1.82) is 0 Å². The predicted molar refractivity (Wildman–Crippen MR) is 113 cm³/mol. The summed E-state index contributed by atoms with van der Waals surface area (Å²) in [5.74, 6) is -0.245. The number of carbonyl (C=O) groups excluding carboxylic acids is 2. The fraction of sp³-hybridized carbons (Fsp3) is 0.565. The van der Waals surface area contributed by atoms with Gasteiger partial charge in [-0.05, 0) is 56.7 Å². The monoisotopic (exact) mass is 412 g/mol. The van der Waals surface area contributed by atoms with Crippen molar-refractivity contribution in [2.75, 3.05) is 13.6 Å². The molecular formula is C23H29FN4O2. The largest absolute Gasteiger partial charge is 0.350 e. The number of aryl methyl sites for hydroxylation is 1. The van der Waals surface area contributed by atoms with Crippen molar-refractivity contribution in [2.45, 2.75) is 69.6 Å². The number of carbonyl (C=O) groups is 2. The molecule has 3 heterocycles. The van der Waals surface area contributed by atoms with E-state index in [-0.39, 0.29) is 23.7 Å². The maximum atomic E-state index is 14.1. The predicted octanol–water partition coefficient (Wildman–Crippen LogP) is 2.96. The van der Waals surface area contributed by atoms with Crippen LogP contribution in [0.2, 0.25) is 0 Å². The molecule has 6 nitrogen and oxygen atoms in total. The van der Waals surface area contributed by atoms with Crippen LogP contribution < -0.4 is 5.32 Å². The Kier molecular flexibility index (Phi) is 4.81. The van der Waals surface area contributed by atoms with E-state index in [4.69, 9.17) is 0 Å². The Morgan fingerprint density at radius 3 is 2.87 bits per heavy atom. The summed E-state index contributed by atoms with van der Waals surface area (Å²) in [5.41, 5.74) is 2.01. The molecular weight excluding hydrogens is 383 g/mol. The van der Waals surface area contributed by atoms with Crippen molar-refractivity contribution in [3.8, 4) is 0 Å². The van der Waals surface area contributed by atoms with Gasteiger partial charge in [-0.1, -0.05) is 6.07 Å². The highest BCUT2D eigenvalue weighted by atomic mass is 19.1. The third kappa shape index (κ3) is 3.20. The average Bonchev–Trinajstić information content (AvgIpc) is 3.42. The number of rotatable bonds is 3. The van der Waals surface area contributed by atoms with Gasteiger partial charge >= 0.3 is 0 Å². The molecule has 1 aliphatic carbocycles. The van der Waals surface area contributed by atoms with E-state index in [9.17, 15) is 14.0 Å². The first-order valence-electron chi connectivity index (χ1n) is 11.0. The number of likely N-dealkylation sites (tertiary alicyclic amines) is 2. The standard InChI is InChI=1S/C23H29FN4O2/c1-13-6-7-17(24)16-11-18(26-22(13)16)23(30)25-14-4-3-5-15(10-14)28-9-8-19-20(28)12-21(29)27(19)2/h6-7,11,14-15,19-20,26H,3-5,8-10,12H2,1-2H3,(H,25,30)/t14-,15+,19?,20?/m1/s1. The lowest BCUT2D eigenvalue weighted by Gasteiger charge is -2.38. The van der Waals surface area contributed by atoms with Crippen molar-refractivity contribution in [2.24, 2.45) is 0 Å². The molecule has 1 saturated carbocycles. The number of aromatic amines is 1. The van der Waals surface area contributed by atoms with Gasteiger partial charge in [0.1, 0.15) is 11.5 Å². The highest BCUT2D eigenvalue weighted by Crippen LogP contribution is 2.36. The molecule has 2 aromatic rings. The van der Waals surface area contributed by atoms with E-state index in [1.54, 1.807) is 12.1 Å². The fourth-order valence-corrected chi connectivity index (χ4v) is 5.83. The number of aromatic nitrogens is 1. The fourth-order valence-electron chi connectivity index (χ4n) is 5.83. The molecule has 30 heavy (non-hydrogen) atoms. The van der Waals surface area contributed by atoms with Crippen molar-refractivity contribution in [3.63, 3.8) is 0 Å². The topological polar surface area (TPSA) is 68.4 Å². The molecule has 2 aliphatic heterocycles. The smallest absolute Gasteiger partial charge is 0.267 e. The van der Waals surface area contributed by atoms with Gasteiger partial charge in [0.05, 0.1) is 5.52 Å². The number of nitrogens with zero attached hydrogens (tertiary/aromatic N) is 2. The summed E-state index contributed by atoms with van der Waals surface area (Å²) in [6, 6.07) is 5.93. The number of nitrogens with one attached hydrogen (secondary N) is 2. The number of H-pyrrole nitrogens is 1. The molecule has 0 spiro atoms. The van der Waals surface area contributed by atoms with Gasteiger partial charge in [0.25, 0.3) is 5.91 Å². The molecule has 5 rings (SSSR count). The molecule has 1 aromatic heterocycles. The van der Waals surface area contributed by atoms with Gasteiger partial charge in [0.15, 0.2) is 0 Å². The molecule has 2 amide bonds. The Balaban J connectivity index is 1.27. The molecule has 2 N–H and O–H groups in total. The highest BCUT2D eigenvalue weighted by molar-refractivity contribution is 5.99. The Labute approximate surface area is 175 Å². The zero-order valence-electron chi connectivity index (χ0n) is 17.6. The first-order chi connectivity index (χ1) is 14.4. The third-order valence-corrected chi connectivity index (χ3v) is 7.47. The van der Waals surface area contributed by atoms with E-state index in [1.165, 1.54) is 6.07 Å². The Bertz CT molecular complexity index is 963. The third-order valence-electron chi connectivity index (χ3n) is 7.47. The average molecular weight is 413 g/mol. The summed E-state index contributed by atoms with van der Waals surface area (Å²) in [7, 11) is 1.92. The van der Waals surface area contributed by atoms with Gasteiger partial charge in [0.2, 0.25) is 5.91 Å². The lowest BCUT2D eigenvalue weighted by atomic mass is 9.89. The van der Waals surface area contributed by atoms with Crippen LogP contribution in [0.1, 0.15) is 54.6 Å². The normalized spacial score (nSPS) is 29.6. The van der Waals surface area contributed by atoms with Crippen LogP contribution in [0.3, 0.4) is 0 Å². The minimum Gasteiger partial charge on any atom is -0.350 e. The lowest BCUT2D eigenvalue weighted by molar-refractivity contribution is -0.127. The quantitative estimate of drug-likeness (QED) is 0.815. The molecule has 3 aliphatic rings. The summed E-state index contributed by atoms with van der Waals surface area (Å²) in [5, 5.41) is 3.63. The van der Waals surface area contributed by atoms with Crippen LogP contribution in [0.5, 0.6) is 0 Å². The van der Waals surface area contributed by atoms with Crippen molar-refractivity contribution >= 4 is 22.7 Å². The van der Waals surface area contributed by atoms with Crippen molar-refractivity contribution in [1.82, 2.24) is 20.1 Å². The zero-order valence-corrected chi connectivity index (χ0v) is 17.6. The minimum atomic E-state index is -0.316. The van der Waals surface area contributed by atoms with Gasteiger partial charge in [-0.3, -0.25) is 14.5 Å². The summed E-state index contributed by atoms with van der Waals surface area (Å²) in [6.07, 6.45) is 5.70. The van der Waals surface area contributed by atoms with E-state index in [1.807, 2.05) is 18.9 Å². The van der Waals surface area contributed by atoms with Crippen molar-refractivity contribution in [3.05, 3.63) is 35.3 Å². The number of hydrogen-bond acceptors (Lipinski definition) is 3. The van der Waals surface area contributed by atoms with Crippen LogP contribution in [-0.2, 0) is 4.79 Å². The lowest BCUT2D eigenvalue weighted by Crippen LogP contribution is -2.48. The summed E-state index contributed by atoms with van der Waals surface area (Å²) in [4.78, 5) is 32.5. The van der Waals surface area contributed by atoms with Crippen molar-refractivity contribution < 1.29 is 14.0 Å². The second-order valence-corrected chi connectivity index (χ2v) is 9.20. The molecule has 1 aromatic carbocycles. The molecule has 0 bridgehead atoms. The molecule has 2 unspecified atom stereocenters. The van der Waals surface area contributed by atoms with Crippen LogP contribution in [-0.4, -0.2) is 64.4 Å². The van der Waals surface area contributed by atoms with Crippen LogP contribution in [0.25, 0.3) is 10.9 Å². The number of likely N-dealkylation sites (N-methyl/N-ethyl adjacent to an activating group) is 1. The van der Waals surface area contributed by atoms with Crippen LogP contribution in [0, 0.1) is 12.7 Å². The molecule has 160 valence electrons. The molecule has 7 heteroatoms. The number of halogens is 1. The van der Waals surface area contributed by atoms with Crippen LogP contribution >= 0.6 is 0 Å². The second-order valence-electron chi connectivity index (χ2n) is 9.20. The molecule has 2 saturated heterocycles. The highest BCUT2D eigenvalue weighted by Gasteiger charge is 2.47. The second kappa shape index (κ2) is 7.38. The SMILES string of the molecule is Cc1ccc(F)c2cc(C(=O)N[C@@H]3CCC[C@H](N4CCC5C4CC(=O)N5C)C3)[nH]c12. The minimum absolute atomic E-state index is 0.0995. The number of hydrogen-bond donors (Lipinski definition) is 2. The molecule has 4 atom stereocenters. The maximum absolute atomic E-state index is 14.1. The summed E-state index contributed by atoms with van der Waals surface area (Å²) >= 11 is 0. The van der Waals surface area contributed by atoms with E-state index in [0.29, 0.717) is 41.1 Å². The number of fused-ring (bicyclic) bond motifs is 2.